The molecule has 3 nitrogen and oxygen atoms in total. The number of carbonyl (C=O) groups excluding carboxylic acids is 1. The predicted molar refractivity (Wildman–Crippen MR) is 75.6 cm³/mol. The van der Waals surface area contributed by atoms with Crippen LogP contribution in [-0.2, 0) is 9.47 Å². The summed E-state index contributed by atoms with van der Waals surface area (Å²) in [6.45, 7) is 3.74. The highest BCUT2D eigenvalue weighted by molar-refractivity contribution is 6.18. The Bertz CT molecular complexity index is 192. The Morgan fingerprint density at radius 3 is 1.61 bits per heavy atom. The second-order valence-electron chi connectivity index (χ2n) is 4.48. The zero-order chi connectivity index (χ0) is 13.8. The molecule has 18 heavy (non-hydrogen) atoms. The van der Waals surface area contributed by atoms with Gasteiger partial charge in [0.1, 0.15) is 12.2 Å². The first-order chi connectivity index (χ1) is 8.60. The fourth-order valence-corrected chi connectivity index (χ4v) is 1.90. The van der Waals surface area contributed by atoms with Crippen molar-refractivity contribution in [3.63, 3.8) is 0 Å². The molecule has 0 aromatic carbocycles. The number of hydrogen-bond donors (Lipinski definition) is 0. The molecule has 0 aromatic heterocycles. The normalized spacial score (nSPS) is 14.0. The van der Waals surface area contributed by atoms with Crippen molar-refractivity contribution >= 4 is 29.4 Å². The van der Waals surface area contributed by atoms with E-state index >= 15 is 0 Å². The monoisotopic (exact) mass is 298 g/mol. The lowest BCUT2D eigenvalue weighted by atomic mass is 10.2. The molecule has 0 heterocycles. The minimum Gasteiger partial charge on any atom is -0.431 e. The van der Waals surface area contributed by atoms with Gasteiger partial charge in [0, 0.05) is 11.8 Å². The van der Waals surface area contributed by atoms with Crippen molar-refractivity contribution in [2.24, 2.45) is 0 Å². The quantitative estimate of drug-likeness (QED) is 0.332. The van der Waals surface area contributed by atoms with Gasteiger partial charge in [-0.1, -0.05) is 0 Å². The van der Waals surface area contributed by atoms with E-state index in [2.05, 4.69) is 0 Å². The van der Waals surface area contributed by atoms with E-state index in [0.717, 1.165) is 38.5 Å². The summed E-state index contributed by atoms with van der Waals surface area (Å²) in [6.07, 6.45) is 4.65. The van der Waals surface area contributed by atoms with Crippen LogP contribution in [-0.4, -0.2) is 30.1 Å². The third-order valence-electron chi connectivity index (χ3n) is 2.58. The number of rotatable bonds is 10. The lowest BCUT2D eigenvalue weighted by Crippen LogP contribution is -2.20. The number of halogens is 2. The average Bonchev–Trinajstić information content (AvgIpc) is 2.29. The summed E-state index contributed by atoms with van der Waals surface area (Å²) in [5.74, 6) is 1.30. The third-order valence-corrected chi connectivity index (χ3v) is 3.12. The van der Waals surface area contributed by atoms with Crippen LogP contribution in [0.5, 0.6) is 0 Å². The van der Waals surface area contributed by atoms with Crippen molar-refractivity contribution < 1.29 is 14.3 Å². The largest absolute Gasteiger partial charge is 0.508 e. The highest BCUT2D eigenvalue weighted by Crippen LogP contribution is 2.10. The van der Waals surface area contributed by atoms with Crippen LogP contribution in [0.4, 0.5) is 4.79 Å². The highest BCUT2D eigenvalue weighted by atomic mass is 35.5. The van der Waals surface area contributed by atoms with Crippen LogP contribution in [0.1, 0.15) is 52.4 Å². The molecule has 0 aliphatic heterocycles. The van der Waals surface area contributed by atoms with E-state index in [-0.39, 0.29) is 12.2 Å². The molecule has 0 fully saturated rings. The van der Waals surface area contributed by atoms with E-state index in [1.807, 2.05) is 13.8 Å². The van der Waals surface area contributed by atoms with E-state index in [1.165, 1.54) is 0 Å². The van der Waals surface area contributed by atoms with Crippen LogP contribution < -0.4 is 0 Å². The molecule has 0 spiro atoms. The number of unbranched alkanes of at least 4 members (excludes halogenated alkanes) is 2. The molecule has 0 saturated heterocycles. The molecule has 2 unspecified atom stereocenters. The standard InChI is InChI=1S/C13H24Cl2O3/c1-11(7-3-5-9-14)17-13(16)18-12(2)8-4-6-10-15/h11-12H,3-10H2,1-2H3. The van der Waals surface area contributed by atoms with Gasteiger partial charge >= 0.3 is 6.16 Å². The van der Waals surface area contributed by atoms with Crippen LogP contribution in [0.3, 0.4) is 0 Å². The number of hydrogen-bond acceptors (Lipinski definition) is 3. The van der Waals surface area contributed by atoms with Gasteiger partial charge in [-0.3, -0.25) is 0 Å². The Morgan fingerprint density at radius 2 is 1.28 bits per heavy atom. The molecule has 2 atom stereocenters. The van der Waals surface area contributed by atoms with E-state index in [1.54, 1.807) is 0 Å². The van der Waals surface area contributed by atoms with Gasteiger partial charge < -0.3 is 9.47 Å². The summed E-state index contributed by atoms with van der Waals surface area (Å²) in [4.78, 5) is 11.4. The maximum Gasteiger partial charge on any atom is 0.508 e. The molecule has 0 aliphatic carbocycles. The SMILES string of the molecule is CC(CCCCCl)OC(=O)OC(C)CCCCCl. The van der Waals surface area contributed by atoms with Gasteiger partial charge in [-0.05, 0) is 52.4 Å². The molecule has 0 aromatic rings. The molecule has 0 rings (SSSR count). The summed E-state index contributed by atoms with van der Waals surface area (Å²) < 4.78 is 10.3. The smallest absolute Gasteiger partial charge is 0.431 e. The van der Waals surface area contributed by atoms with Crippen molar-refractivity contribution in [2.75, 3.05) is 11.8 Å². The average molecular weight is 299 g/mol. The molecule has 0 N–H and O–H groups in total. The Labute approximate surface area is 120 Å². The van der Waals surface area contributed by atoms with Crippen molar-refractivity contribution in [1.29, 1.82) is 0 Å². The third kappa shape index (κ3) is 11.0. The fourth-order valence-electron chi connectivity index (χ4n) is 1.53. The maximum atomic E-state index is 11.4. The van der Waals surface area contributed by atoms with Crippen LogP contribution in [0.2, 0.25) is 0 Å². The molecular formula is C13H24Cl2O3. The maximum absolute atomic E-state index is 11.4. The minimum absolute atomic E-state index is 0.115. The first kappa shape index (κ1) is 17.8. The van der Waals surface area contributed by atoms with Crippen LogP contribution in [0.15, 0.2) is 0 Å². The lowest BCUT2D eigenvalue weighted by molar-refractivity contribution is 0.00287. The van der Waals surface area contributed by atoms with Crippen molar-refractivity contribution in [2.45, 2.75) is 64.6 Å². The molecule has 0 amide bonds. The Kier molecular flexibility index (Phi) is 11.8. The molecule has 0 radical (unpaired) electrons. The zero-order valence-electron chi connectivity index (χ0n) is 11.3. The molecule has 108 valence electrons. The predicted octanol–water partition coefficient (Wildman–Crippen LogP) is 4.73. The van der Waals surface area contributed by atoms with Gasteiger partial charge in [-0.2, -0.15) is 0 Å². The van der Waals surface area contributed by atoms with Crippen molar-refractivity contribution in [1.82, 2.24) is 0 Å². The summed E-state index contributed by atoms with van der Waals surface area (Å²) in [5, 5.41) is 0. The van der Waals surface area contributed by atoms with E-state index in [4.69, 9.17) is 32.7 Å². The Balaban J connectivity index is 3.61. The number of carbonyl (C=O) groups is 1. The Morgan fingerprint density at radius 1 is 0.889 bits per heavy atom. The first-order valence-electron chi connectivity index (χ1n) is 6.59. The van der Waals surface area contributed by atoms with Crippen LogP contribution >= 0.6 is 23.2 Å². The van der Waals surface area contributed by atoms with Gasteiger partial charge in [0.15, 0.2) is 0 Å². The zero-order valence-corrected chi connectivity index (χ0v) is 12.8. The second kappa shape index (κ2) is 11.9. The van der Waals surface area contributed by atoms with Crippen molar-refractivity contribution in [3.05, 3.63) is 0 Å². The summed E-state index contributed by atoms with van der Waals surface area (Å²) in [5.41, 5.74) is 0. The molecule has 0 bridgehead atoms. The Hall–Kier alpha value is -0.150. The van der Waals surface area contributed by atoms with Crippen LogP contribution in [0, 0.1) is 0 Å². The highest BCUT2D eigenvalue weighted by Gasteiger charge is 2.13. The van der Waals surface area contributed by atoms with E-state index in [9.17, 15) is 4.79 Å². The van der Waals surface area contributed by atoms with Gasteiger partial charge in [0.2, 0.25) is 0 Å². The van der Waals surface area contributed by atoms with Crippen molar-refractivity contribution in [3.8, 4) is 0 Å². The van der Waals surface area contributed by atoms with Gasteiger partial charge in [0.05, 0.1) is 0 Å². The van der Waals surface area contributed by atoms with E-state index in [0.29, 0.717) is 11.8 Å². The minimum atomic E-state index is -0.577. The topological polar surface area (TPSA) is 35.5 Å². The fraction of sp³-hybridized carbons (Fsp3) is 0.923. The molecule has 5 heteroatoms. The van der Waals surface area contributed by atoms with E-state index < -0.39 is 6.16 Å². The molecule has 0 saturated carbocycles. The summed E-state index contributed by atoms with van der Waals surface area (Å²) in [6, 6.07) is 0. The number of ether oxygens (including phenoxy) is 2. The second-order valence-corrected chi connectivity index (χ2v) is 5.23. The number of alkyl halides is 2. The molecular weight excluding hydrogens is 275 g/mol. The summed E-state index contributed by atoms with van der Waals surface area (Å²) in [7, 11) is 0. The van der Waals surface area contributed by atoms with Gasteiger partial charge in [-0.15, -0.1) is 23.2 Å². The first-order valence-corrected chi connectivity index (χ1v) is 7.66. The van der Waals surface area contributed by atoms with Crippen LogP contribution in [0.25, 0.3) is 0 Å². The van der Waals surface area contributed by atoms with Gasteiger partial charge in [0.25, 0.3) is 0 Å². The van der Waals surface area contributed by atoms with Gasteiger partial charge in [-0.25, -0.2) is 4.79 Å². The summed E-state index contributed by atoms with van der Waals surface area (Å²) >= 11 is 11.2. The lowest BCUT2D eigenvalue weighted by Gasteiger charge is -2.16. The molecule has 0 aliphatic rings.